The van der Waals surface area contributed by atoms with E-state index < -0.39 is 4.92 Å². The molecular weight excluding hydrogens is 280 g/mol. The van der Waals surface area contributed by atoms with Gasteiger partial charge in [0.25, 0.3) is 0 Å². The number of piperidine rings is 1. The summed E-state index contributed by atoms with van der Waals surface area (Å²) in [7, 11) is 0. The van der Waals surface area contributed by atoms with Gasteiger partial charge >= 0.3 is 5.69 Å². The zero-order valence-electron chi connectivity index (χ0n) is 11.5. The van der Waals surface area contributed by atoms with Gasteiger partial charge in [0.1, 0.15) is 0 Å². The van der Waals surface area contributed by atoms with Gasteiger partial charge in [0, 0.05) is 31.4 Å². The minimum absolute atomic E-state index is 0.0501. The van der Waals surface area contributed by atoms with Gasteiger partial charge in [0.05, 0.1) is 9.95 Å². The molecule has 1 saturated heterocycles. The van der Waals surface area contributed by atoms with Crippen molar-refractivity contribution >= 4 is 23.1 Å². The Balaban J connectivity index is 2.33. The van der Waals surface area contributed by atoms with Crippen molar-refractivity contribution in [3.63, 3.8) is 0 Å². The van der Waals surface area contributed by atoms with Crippen LogP contribution in [0.3, 0.4) is 0 Å². The average Bonchev–Trinajstić information content (AvgIpc) is 2.46. The smallest absolute Gasteiger partial charge is 0.313 e. The zero-order chi connectivity index (χ0) is 14.7. The summed E-state index contributed by atoms with van der Waals surface area (Å²) >= 11 is 5.81. The standard InChI is InChI=1S/C13H19ClN4O2/c1-2-9-3-4-17(11(5-9)7-15)13-12(18(19)20)6-10(14)8-16-13/h6,8-9,11H,2-5,7,15H2,1H3. The van der Waals surface area contributed by atoms with Crippen molar-refractivity contribution in [2.75, 3.05) is 18.0 Å². The maximum atomic E-state index is 11.2. The molecule has 2 heterocycles. The molecule has 1 aromatic heterocycles. The van der Waals surface area contributed by atoms with Gasteiger partial charge in [-0.1, -0.05) is 24.9 Å². The Kier molecular flexibility index (Phi) is 4.77. The molecule has 0 saturated carbocycles. The van der Waals surface area contributed by atoms with E-state index in [1.165, 1.54) is 12.3 Å². The van der Waals surface area contributed by atoms with Crippen LogP contribution in [0.2, 0.25) is 5.02 Å². The molecular formula is C13H19ClN4O2. The predicted molar refractivity (Wildman–Crippen MR) is 79.1 cm³/mol. The van der Waals surface area contributed by atoms with E-state index in [0.29, 0.717) is 18.3 Å². The summed E-state index contributed by atoms with van der Waals surface area (Å²) in [6.45, 7) is 3.38. The summed E-state index contributed by atoms with van der Waals surface area (Å²) in [6.07, 6.45) is 4.52. The van der Waals surface area contributed by atoms with Crippen LogP contribution in [0.4, 0.5) is 11.5 Å². The van der Waals surface area contributed by atoms with Crippen LogP contribution in [0.25, 0.3) is 0 Å². The molecule has 2 N–H and O–H groups in total. The normalized spacial score (nSPS) is 22.9. The molecule has 0 aliphatic carbocycles. The Bertz CT molecular complexity index is 497. The first-order valence-electron chi connectivity index (χ1n) is 6.83. The SMILES string of the molecule is CCC1CCN(c2ncc(Cl)cc2[N+](=O)[O-])C(CN)C1. The quantitative estimate of drug-likeness (QED) is 0.682. The number of hydrogen-bond donors (Lipinski definition) is 1. The lowest BCUT2D eigenvalue weighted by Gasteiger charge is -2.39. The summed E-state index contributed by atoms with van der Waals surface area (Å²) in [4.78, 5) is 16.9. The molecule has 20 heavy (non-hydrogen) atoms. The van der Waals surface area contributed by atoms with Crippen LogP contribution in [0.5, 0.6) is 0 Å². The summed E-state index contributed by atoms with van der Waals surface area (Å²) in [5.41, 5.74) is 5.79. The van der Waals surface area contributed by atoms with Crippen LogP contribution in [0.15, 0.2) is 12.3 Å². The lowest BCUT2D eigenvalue weighted by atomic mass is 9.89. The second-order valence-electron chi connectivity index (χ2n) is 5.13. The molecule has 2 atom stereocenters. The van der Waals surface area contributed by atoms with E-state index in [-0.39, 0.29) is 16.8 Å². The molecule has 2 rings (SSSR count). The van der Waals surface area contributed by atoms with Gasteiger partial charge in [-0.15, -0.1) is 0 Å². The van der Waals surface area contributed by atoms with Gasteiger partial charge in [-0.3, -0.25) is 10.1 Å². The van der Waals surface area contributed by atoms with E-state index in [4.69, 9.17) is 17.3 Å². The van der Waals surface area contributed by atoms with E-state index in [1.54, 1.807) is 0 Å². The van der Waals surface area contributed by atoms with E-state index in [1.807, 2.05) is 4.90 Å². The lowest BCUT2D eigenvalue weighted by Crippen LogP contribution is -2.47. The van der Waals surface area contributed by atoms with E-state index >= 15 is 0 Å². The number of hydrogen-bond acceptors (Lipinski definition) is 5. The number of halogens is 1. The fourth-order valence-corrected chi connectivity index (χ4v) is 2.94. The summed E-state index contributed by atoms with van der Waals surface area (Å²) < 4.78 is 0. The van der Waals surface area contributed by atoms with Gasteiger partial charge in [-0.05, 0) is 18.8 Å². The number of anilines is 1. The molecule has 1 aliphatic heterocycles. The molecule has 1 aromatic rings. The average molecular weight is 299 g/mol. The van der Waals surface area contributed by atoms with Crippen LogP contribution >= 0.6 is 11.6 Å². The number of rotatable bonds is 4. The van der Waals surface area contributed by atoms with Crippen molar-refractivity contribution in [1.29, 1.82) is 0 Å². The van der Waals surface area contributed by atoms with Gasteiger partial charge in [-0.2, -0.15) is 0 Å². The minimum Gasteiger partial charge on any atom is -0.347 e. The Morgan fingerprint density at radius 2 is 2.40 bits per heavy atom. The molecule has 1 fully saturated rings. The molecule has 0 spiro atoms. The molecule has 2 unspecified atom stereocenters. The molecule has 7 heteroatoms. The zero-order valence-corrected chi connectivity index (χ0v) is 12.2. The monoisotopic (exact) mass is 298 g/mol. The van der Waals surface area contributed by atoms with Crippen LogP contribution in [0, 0.1) is 16.0 Å². The third kappa shape index (κ3) is 3.02. The fraction of sp³-hybridized carbons (Fsp3) is 0.615. The maximum Gasteiger partial charge on any atom is 0.313 e. The minimum atomic E-state index is -0.437. The largest absolute Gasteiger partial charge is 0.347 e. The van der Waals surface area contributed by atoms with Gasteiger partial charge < -0.3 is 10.6 Å². The highest BCUT2D eigenvalue weighted by molar-refractivity contribution is 6.30. The molecule has 0 radical (unpaired) electrons. The van der Waals surface area contributed by atoms with Crippen LogP contribution < -0.4 is 10.6 Å². The second-order valence-corrected chi connectivity index (χ2v) is 5.57. The summed E-state index contributed by atoms with van der Waals surface area (Å²) in [5.74, 6) is 1.01. The Labute approximate surface area is 123 Å². The maximum absolute atomic E-state index is 11.2. The van der Waals surface area contributed by atoms with E-state index in [2.05, 4.69) is 11.9 Å². The number of nitro groups is 1. The van der Waals surface area contributed by atoms with Crippen LogP contribution in [0.1, 0.15) is 26.2 Å². The summed E-state index contributed by atoms with van der Waals surface area (Å²) in [5, 5.41) is 11.5. The first-order chi connectivity index (χ1) is 9.56. The van der Waals surface area contributed by atoms with Gasteiger partial charge in [0.15, 0.2) is 0 Å². The van der Waals surface area contributed by atoms with Crippen molar-refractivity contribution in [2.45, 2.75) is 32.2 Å². The van der Waals surface area contributed by atoms with Crippen molar-refractivity contribution in [3.8, 4) is 0 Å². The molecule has 0 bridgehead atoms. The molecule has 0 amide bonds. The predicted octanol–water partition coefficient (Wildman–Crippen LogP) is 2.60. The highest BCUT2D eigenvalue weighted by atomic mass is 35.5. The number of pyridine rings is 1. The van der Waals surface area contributed by atoms with Crippen molar-refractivity contribution < 1.29 is 4.92 Å². The third-order valence-electron chi connectivity index (χ3n) is 3.96. The van der Waals surface area contributed by atoms with Gasteiger partial charge in [-0.25, -0.2) is 4.98 Å². The van der Waals surface area contributed by atoms with Crippen LogP contribution in [-0.2, 0) is 0 Å². The number of nitrogens with zero attached hydrogens (tertiary/aromatic N) is 3. The third-order valence-corrected chi connectivity index (χ3v) is 4.16. The molecule has 1 aliphatic rings. The topological polar surface area (TPSA) is 85.3 Å². The molecule has 0 aromatic carbocycles. The number of nitrogens with two attached hydrogens (primary N) is 1. The van der Waals surface area contributed by atoms with Crippen molar-refractivity contribution in [2.24, 2.45) is 11.7 Å². The van der Waals surface area contributed by atoms with E-state index in [0.717, 1.165) is 25.8 Å². The number of aromatic nitrogens is 1. The van der Waals surface area contributed by atoms with E-state index in [9.17, 15) is 10.1 Å². The molecule has 110 valence electrons. The molecule has 6 nitrogen and oxygen atoms in total. The first-order valence-corrected chi connectivity index (χ1v) is 7.21. The second kappa shape index (κ2) is 6.37. The van der Waals surface area contributed by atoms with Crippen molar-refractivity contribution in [1.82, 2.24) is 4.98 Å². The Morgan fingerprint density at radius 3 is 3.00 bits per heavy atom. The Morgan fingerprint density at radius 1 is 1.65 bits per heavy atom. The first kappa shape index (κ1) is 15.0. The van der Waals surface area contributed by atoms with Gasteiger partial charge in [0.2, 0.25) is 5.82 Å². The fourth-order valence-electron chi connectivity index (χ4n) is 2.78. The summed E-state index contributed by atoms with van der Waals surface area (Å²) in [6, 6.07) is 1.45. The highest BCUT2D eigenvalue weighted by Gasteiger charge is 2.31. The van der Waals surface area contributed by atoms with Crippen LogP contribution in [-0.4, -0.2) is 29.0 Å². The van der Waals surface area contributed by atoms with Crippen molar-refractivity contribution in [3.05, 3.63) is 27.4 Å². The highest BCUT2D eigenvalue weighted by Crippen LogP contribution is 2.34. The Hall–Kier alpha value is -1.40. The lowest BCUT2D eigenvalue weighted by molar-refractivity contribution is -0.384.